The number of hydrogen-bond acceptors (Lipinski definition) is 7. The summed E-state index contributed by atoms with van der Waals surface area (Å²) >= 11 is 10.8. The number of carbonyl (C=O) groups excluding carboxylic acids is 7. The second-order valence-electron chi connectivity index (χ2n) is 11.4. The van der Waals surface area contributed by atoms with E-state index < -0.39 is 5.41 Å². The molecule has 0 fully saturated rings. The van der Waals surface area contributed by atoms with E-state index in [1.165, 1.54) is 52.6 Å². The van der Waals surface area contributed by atoms with Crippen molar-refractivity contribution in [3.8, 4) is 0 Å². The van der Waals surface area contributed by atoms with Gasteiger partial charge in [-0.1, -0.05) is 76.9 Å². The standard InChI is InChI=1S/C11H17ClO2.C9H15ClO.C8H14O2.C5H8O2/c1-8(2)11(9(3)13,10(4)14)6-5-7-12;1-7(2)9(8(3)11)5-4-6-10;1-5(2)8(6(3)9)7(4)10;1-4(6)3-5(2)7/h5,7-8H,6H2,1-4H3;4,6-7,9H,5H2,1-3H3;5,8H,1-4H3;3H2,1-2H3/b7-5+;6-4+;;. The van der Waals surface area contributed by atoms with Gasteiger partial charge in [0.15, 0.2) is 0 Å². The Balaban J connectivity index is -0.000000236. The van der Waals surface area contributed by atoms with Gasteiger partial charge in [0.2, 0.25) is 0 Å². The molecule has 0 aliphatic carbocycles. The molecule has 0 aromatic carbocycles. The molecule has 0 bridgehead atoms. The Kier molecular flexibility index (Phi) is 28.1. The van der Waals surface area contributed by atoms with Crippen molar-refractivity contribution in [3.05, 3.63) is 23.2 Å². The van der Waals surface area contributed by atoms with Crippen molar-refractivity contribution in [3.63, 3.8) is 0 Å². The third-order valence-corrected chi connectivity index (χ3v) is 6.97. The number of ketones is 7. The normalized spacial score (nSPS) is 11.8. The molecule has 42 heavy (non-hydrogen) atoms. The second kappa shape index (κ2) is 25.3. The zero-order chi connectivity index (χ0) is 34.4. The summed E-state index contributed by atoms with van der Waals surface area (Å²) in [6, 6.07) is 0. The Morgan fingerprint density at radius 3 is 1.12 bits per heavy atom. The molecule has 1 atom stereocenters. The van der Waals surface area contributed by atoms with Crippen LogP contribution in [0.4, 0.5) is 0 Å². The van der Waals surface area contributed by atoms with Gasteiger partial charge >= 0.3 is 0 Å². The first-order valence-electron chi connectivity index (χ1n) is 14.1. The number of halogens is 2. The lowest BCUT2D eigenvalue weighted by Crippen LogP contribution is -2.41. The average molecular weight is 634 g/mol. The summed E-state index contributed by atoms with van der Waals surface area (Å²) in [4.78, 5) is 75.8. The van der Waals surface area contributed by atoms with Gasteiger partial charge in [-0.25, -0.2) is 0 Å². The Morgan fingerprint density at radius 1 is 0.595 bits per heavy atom. The molecule has 9 heteroatoms. The maximum absolute atomic E-state index is 11.6. The van der Waals surface area contributed by atoms with Crippen LogP contribution in [-0.2, 0) is 33.6 Å². The summed E-state index contributed by atoms with van der Waals surface area (Å²) in [5, 5.41) is 0. The Hall–Kier alpha value is -2.25. The zero-order valence-corrected chi connectivity index (χ0v) is 29.4. The van der Waals surface area contributed by atoms with Gasteiger partial charge in [0.05, 0.1) is 17.8 Å². The maximum Gasteiger partial charge on any atom is 0.143 e. The summed E-state index contributed by atoms with van der Waals surface area (Å²) in [5.41, 5.74) is 1.92. The topological polar surface area (TPSA) is 119 Å². The van der Waals surface area contributed by atoms with Crippen molar-refractivity contribution in [1.82, 2.24) is 0 Å². The van der Waals surface area contributed by atoms with E-state index in [9.17, 15) is 33.6 Å². The van der Waals surface area contributed by atoms with Gasteiger partial charge in [0.25, 0.3) is 0 Å². The minimum atomic E-state index is -0.897. The van der Waals surface area contributed by atoms with E-state index in [0.717, 1.165) is 6.42 Å². The van der Waals surface area contributed by atoms with Crippen LogP contribution in [0.25, 0.3) is 0 Å². The summed E-state index contributed by atoms with van der Waals surface area (Å²) < 4.78 is 0. The molecule has 0 aromatic heterocycles. The van der Waals surface area contributed by atoms with Gasteiger partial charge in [0, 0.05) is 17.0 Å². The van der Waals surface area contributed by atoms with Gasteiger partial charge in [-0.15, -0.1) is 0 Å². The third kappa shape index (κ3) is 21.5. The number of carbonyl (C=O) groups is 7. The fourth-order valence-electron chi connectivity index (χ4n) is 4.50. The van der Waals surface area contributed by atoms with Crippen LogP contribution in [0.15, 0.2) is 23.2 Å². The number of hydrogen-bond donors (Lipinski definition) is 0. The molecule has 0 rings (SSSR count). The highest BCUT2D eigenvalue weighted by molar-refractivity contribution is 6.25. The van der Waals surface area contributed by atoms with Crippen LogP contribution in [0.2, 0.25) is 0 Å². The first-order valence-corrected chi connectivity index (χ1v) is 15.0. The van der Waals surface area contributed by atoms with Crippen molar-refractivity contribution in [1.29, 1.82) is 0 Å². The molecule has 0 heterocycles. The van der Waals surface area contributed by atoms with Crippen molar-refractivity contribution in [2.45, 2.75) is 109 Å². The van der Waals surface area contributed by atoms with Crippen LogP contribution in [0.5, 0.6) is 0 Å². The SMILES string of the molecule is CC(=O)C(C(C)=O)C(C)C.CC(=O)C(C/C=C/Cl)(C(C)=O)C(C)C.CC(=O)C(C/C=C/Cl)C(C)C.CC(=O)CC(C)=O. The fraction of sp³-hybridized carbons (Fsp3) is 0.667. The Bertz CT molecular complexity index is 904. The number of rotatable bonds is 14. The van der Waals surface area contributed by atoms with E-state index in [-0.39, 0.29) is 70.6 Å². The Morgan fingerprint density at radius 2 is 0.976 bits per heavy atom. The van der Waals surface area contributed by atoms with E-state index in [4.69, 9.17) is 23.2 Å². The molecule has 0 N–H and O–H groups in total. The highest BCUT2D eigenvalue weighted by Gasteiger charge is 2.42. The molecule has 0 aromatic rings. The quantitative estimate of drug-likeness (QED) is 0.178. The van der Waals surface area contributed by atoms with Crippen molar-refractivity contribution < 1.29 is 33.6 Å². The minimum absolute atomic E-state index is 0.00892. The predicted molar refractivity (Wildman–Crippen MR) is 173 cm³/mol. The molecule has 0 radical (unpaired) electrons. The van der Waals surface area contributed by atoms with Gasteiger partial charge in [-0.2, -0.15) is 0 Å². The van der Waals surface area contributed by atoms with E-state index in [2.05, 4.69) is 0 Å². The molecule has 0 amide bonds. The zero-order valence-electron chi connectivity index (χ0n) is 27.9. The summed E-state index contributed by atoms with van der Waals surface area (Å²) in [6.07, 6.45) is 4.72. The number of Topliss-reactive ketones (excluding diaryl/α,β-unsaturated/α-hetero) is 7. The van der Waals surface area contributed by atoms with E-state index in [0.29, 0.717) is 12.3 Å². The fourth-order valence-corrected chi connectivity index (χ4v) is 4.69. The Labute approximate surface area is 264 Å². The summed E-state index contributed by atoms with van der Waals surface area (Å²) in [7, 11) is 0. The summed E-state index contributed by atoms with van der Waals surface area (Å²) in [6.45, 7) is 21.9. The molecule has 0 aliphatic rings. The molecule has 0 saturated heterocycles. The second-order valence-corrected chi connectivity index (χ2v) is 11.9. The maximum atomic E-state index is 11.6. The van der Waals surface area contributed by atoms with Crippen LogP contribution in [0.1, 0.15) is 109 Å². The van der Waals surface area contributed by atoms with E-state index >= 15 is 0 Å². The lowest BCUT2D eigenvalue weighted by atomic mass is 9.69. The molecule has 1 unspecified atom stereocenters. The van der Waals surface area contributed by atoms with E-state index in [1.807, 2.05) is 47.6 Å². The highest BCUT2D eigenvalue weighted by atomic mass is 35.5. The van der Waals surface area contributed by atoms with Crippen molar-refractivity contribution >= 4 is 63.7 Å². The molecule has 7 nitrogen and oxygen atoms in total. The lowest BCUT2D eigenvalue weighted by molar-refractivity contribution is -0.141. The molecule has 0 aliphatic heterocycles. The highest BCUT2D eigenvalue weighted by Crippen LogP contribution is 2.34. The molecular weight excluding hydrogens is 579 g/mol. The number of allylic oxidation sites excluding steroid dienone is 2. The molecule has 242 valence electrons. The van der Waals surface area contributed by atoms with Crippen LogP contribution in [0.3, 0.4) is 0 Å². The molecular formula is C33H54Cl2O7. The van der Waals surface area contributed by atoms with Gasteiger partial charge < -0.3 is 0 Å². The van der Waals surface area contributed by atoms with Crippen LogP contribution in [-0.4, -0.2) is 40.5 Å². The first-order chi connectivity index (χ1) is 19.1. The van der Waals surface area contributed by atoms with Crippen molar-refractivity contribution in [2.24, 2.45) is 35.0 Å². The van der Waals surface area contributed by atoms with Gasteiger partial charge in [-0.05, 0) is 79.1 Å². The predicted octanol–water partition coefficient (Wildman–Crippen LogP) is 7.93. The third-order valence-electron chi connectivity index (χ3n) is 6.62. The van der Waals surface area contributed by atoms with Crippen molar-refractivity contribution in [2.75, 3.05) is 0 Å². The van der Waals surface area contributed by atoms with E-state index in [1.54, 1.807) is 13.0 Å². The molecule has 0 saturated carbocycles. The average Bonchev–Trinajstić information content (AvgIpc) is 2.78. The molecule has 0 spiro atoms. The van der Waals surface area contributed by atoms with Crippen LogP contribution < -0.4 is 0 Å². The van der Waals surface area contributed by atoms with Gasteiger partial charge in [0.1, 0.15) is 40.5 Å². The minimum Gasteiger partial charge on any atom is -0.300 e. The van der Waals surface area contributed by atoms with Gasteiger partial charge in [-0.3, -0.25) is 33.6 Å². The monoisotopic (exact) mass is 632 g/mol. The largest absolute Gasteiger partial charge is 0.300 e. The first kappa shape index (κ1) is 46.7. The smallest absolute Gasteiger partial charge is 0.143 e. The van der Waals surface area contributed by atoms with Crippen LogP contribution >= 0.6 is 23.2 Å². The lowest BCUT2D eigenvalue weighted by Gasteiger charge is -2.31. The van der Waals surface area contributed by atoms with Crippen LogP contribution in [0, 0.1) is 35.0 Å². The summed E-state index contributed by atoms with van der Waals surface area (Å²) in [5.74, 6) is 0.162.